The third-order valence-corrected chi connectivity index (χ3v) is 4.82. The monoisotopic (exact) mass is 330 g/mol. The maximum absolute atomic E-state index is 12.5. The van der Waals surface area contributed by atoms with E-state index in [-0.39, 0.29) is 17.9 Å². The number of rotatable bonds is 3. The minimum atomic E-state index is -0.106. The molecule has 2 heterocycles. The van der Waals surface area contributed by atoms with Crippen LogP contribution in [0, 0.1) is 0 Å². The van der Waals surface area contributed by atoms with Gasteiger partial charge in [0.25, 0.3) is 5.91 Å². The molecule has 2 aliphatic rings. The fourth-order valence-corrected chi connectivity index (χ4v) is 3.19. The Morgan fingerprint density at radius 1 is 1.08 bits per heavy atom. The minimum Gasteiger partial charge on any atom is -0.336 e. The summed E-state index contributed by atoms with van der Waals surface area (Å²) in [6, 6.07) is 7.11. The van der Waals surface area contributed by atoms with Crippen molar-refractivity contribution in [2.24, 2.45) is 0 Å². The Balaban J connectivity index is 1.56. The lowest BCUT2D eigenvalue weighted by Gasteiger charge is -2.32. The lowest BCUT2D eigenvalue weighted by Crippen LogP contribution is -2.47. The van der Waals surface area contributed by atoms with E-state index in [1.54, 1.807) is 12.1 Å². The lowest BCUT2D eigenvalue weighted by atomic mass is 10.0. The van der Waals surface area contributed by atoms with E-state index in [4.69, 9.17) is 0 Å². The van der Waals surface area contributed by atoms with Crippen LogP contribution >= 0.6 is 0 Å². The quantitative estimate of drug-likeness (QED) is 0.873. The molecule has 0 spiro atoms. The Morgan fingerprint density at radius 2 is 1.79 bits per heavy atom. The summed E-state index contributed by atoms with van der Waals surface area (Å²) in [5, 5.41) is 6.17. The molecule has 0 aliphatic carbocycles. The smallest absolute Gasteiger partial charge is 0.253 e. The van der Waals surface area contributed by atoms with Crippen molar-refractivity contribution in [2.45, 2.75) is 25.3 Å². The average Bonchev–Trinajstić information content (AvgIpc) is 2.63. The van der Waals surface area contributed by atoms with Gasteiger partial charge < -0.3 is 20.4 Å². The Kier molecular flexibility index (Phi) is 5.48. The first-order valence-corrected chi connectivity index (χ1v) is 8.75. The minimum absolute atomic E-state index is 0.00726. The van der Waals surface area contributed by atoms with Crippen LogP contribution in [0.5, 0.6) is 0 Å². The highest BCUT2D eigenvalue weighted by Crippen LogP contribution is 2.15. The Hall–Kier alpha value is -1.92. The number of nitrogens with zero attached hydrogens (tertiary/aromatic N) is 2. The number of nitrogens with one attached hydrogen (secondary N) is 2. The molecule has 3 rings (SSSR count). The highest BCUT2D eigenvalue weighted by Gasteiger charge is 2.22. The Labute approximate surface area is 143 Å². The predicted molar refractivity (Wildman–Crippen MR) is 94.1 cm³/mol. The fraction of sp³-hybridized carbons (Fsp3) is 0.556. The second kappa shape index (κ2) is 7.77. The molecule has 2 aliphatic heterocycles. The van der Waals surface area contributed by atoms with Crippen molar-refractivity contribution in [1.29, 1.82) is 0 Å². The van der Waals surface area contributed by atoms with Gasteiger partial charge in [0.15, 0.2) is 0 Å². The zero-order valence-corrected chi connectivity index (χ0v) is 14.3. The molecule has 1 aromatic rings. The van der Waals surface area contributed by atoms with E-state index in [0.29, 0.717) is 5.56 Å². The van der Waals surface area contributed by atoms with Crippen LogP contribution in [0.2, 0.25) is 0 Å². The number of piperazine rings is 1. The van der Waals surface area contributed by atoms with Crippen LogP contribution in [0.4, 0.5) is 5.69 Å². The van der Waals surface area contributed by atoms with Crippen LogP contribution in [0.3, 0.4) is 0 Å². The van der Waals surface area contributed by atoms with E-state index >= 15 is 0 Å². The van der Waals surface area contributed by atoms with Gasteiger partial charge in [-0.15, -0.1) is 0 Å². The van der Waals surface area contributed by atoms with E-state index in [1.807, 2.05) is 17.0 Å². The summed E-state index contributed by atoms with van der Waals surface area (Å²) >= 11 is 0. The summed E-state index contributed by atoms with van der Waals surface area (Å²) < 4.78 is 0. The highest BCUT2D eigenvalue weighted by atomic mass is 16.2. The van der Waals surface area contributed by atoms with Gasteiger partial charge in [-0.1, -0.05) is 6.42 Å². The van der Waals surface area contributed by atoms with E-state index in [0.717, 1.165) is 57.7 Å². The van der Waals surface area contributed by atoms with Gasteiger partial charge in [0.1, 0.15) is 0 Å². The van der Waals surface area contributed by atoms with Crippen molar-refractivity contribution < 1.29 is 9.59 Å². The Morgan fingerprint density at radius 3 is 2.42 bits per heavy atom. The molecule has 0 unspecified atom stereocenters. The fourth-order valence-electron chi connectivity index (χ4n) is 3.19. The molecule has 6 nitrogen and oxygen atoms in total. The maximum Gasteiger partial charge on any atom is 0.253 e. The van der Waals surface area contributed by atoms with Crippen molar-refractivity contribution in [3.63, 3.8) is 0 Å². The van der Waals surface area contributed by atoms with Crippen molar-refractivity contribution >= 4 is 17.5 Å². The molecule has 0 radical (unpaired) electrons. The third-order valence-electron chi connectivity index (χ3n) is 4.82. The number of benzene rings is 1. The number of hydrogen-bond donors (Lipinski definition) is 2. The molecule has 24 heavy (non-hydrogen) atoms. The molecule has 2 fully saturated rings. The molecule has 6 heteroatoms. The molecule has 130 valence electrons. The van der Waals surface area contributed by atoms with Crippen LogP contribution in [0.1, 0.15) is 29.6 Å². The van der Waals surface area contributed by atoms with Gasteiger partial charge in [0.05, 0.1) is 6.04 Å². The van der Waals surface area contributed by atoms with E-state index in [1.165, 1.54) is 0 Å². The Bertz CT molecular complexity index is 573. The summed E-state index contributed by atoms with van der Waals surface area (Å²) in [4.78, 5) is 28.8. The molecule has 1 aromatic carbocycles. The molecule has 0 bridgehead atoms. The summed E-state index contributed by atoms with van der Waals surface area (Å²) in [5.41, 5.74) is 1.41. The number of anilines is 1. The number of carbonyl (C=O) groups excluding carboxylic acids is 2. The number of carbonyl (C=O) groups is 2. The number of amides is 2. The largest absolute Gasteiger partial charge is 0.336 e. The van der Waals surface area contributed by atoms with Crippen molar-refractivity contribution in [3.8, 4) is 0 Å². The zero-order chi connectivity index (χ0) is 16.9. The summed E-state index contributed by atoms with van der Waals surface area (Å²) in [6.45, 7) is 4.25. The maximum atomic E-state index is 12.5. The van der Waals surface area contributed by atoms with Crippen molar-refractivity contribution in [1.82, 2.24) is 15.1 Å². The number of piperidine rings is 1. The highest BCUT2D eigenvalue weighted by molar-refractivity contribution is 5.97. The van der Waals surface area contributed by atoms with Crippen LogP contribution < -0.4 is 10.6 Å². The van der Waals surface area contributed by atoms with Crippen LogP contribution in [0.15, 0.2) is 24.3 Å². The third kappa shape index (κ3) is 4.13. The van der Waals surface area contributed by atoms with E-state index < -0.39 is 0 Å². The lowest BCUT2D eigenvalue weighted by molar-refractivity contribution is -0.118. The zero-order valence-electron chi connectivity index (χ0n) is 14.3. The van der Waals surface area contributed by atoms with Gasteiger partial charge >= 0.3 is 0 Å². The topological polar surface area (TPSA) is 64.7 Å². The second-order valence-corrected chi connectivity index (χ2v) is 6.66. The SMILES string of the molecule is CN1CCN(C(=O)c2ccc(NC(=O)[C@H]3CCCCN3)cc2)CC1. The van der Waals surface area contributed by atoms with Crippen molar-refractivity contribution in [3.05, 3.63) is 29.8 Å². The molecular weight excluding hydrogens is 304 g/mol. The molecule has 2 amide bonds. The van der Waals surface area contributed by atoms with Crippen molar-refractivity contribution in [2.75, 3.05) is 45.1 Å². The standard InChI is InChI=1S/C18H26N4O2/c1-21-10-12-22(13-11-21)18(24)14-5-7-15(8-6-14)20-17(23)16-4-2-3-9-19-16/h5-8,16,19H,2-4,9-13H2,1H3,(H,20,23)/t16-/m1/s1. The van der Waals surface area contributed by atoms with Crippen LogP contribution in [-0.2, 0) is 4.79 Å². The number of hydrogen-bond acceptors (Lipinski definition) is 4. The average molecular weight is 330 g/mol. The van der Waals surface area contributed by atoms with Gasteiger partial charge in [-0.25, -0.2) is 0 Å². The van der Waals surface area contributed by atoms with Gasteiger partial charge in [-0.2, -0.15) is 0 Å². The first kappa shape index (κ1) is 16.9. The van der Waals surface area contributed by atoms with Gasteiger partial charge in [-0.05, 0) is 50.7 Å². The predicted octanol–water partition coefficient (Wildman–Crippen LogP) is 1.15. The molecule has 0 saturated carbocycles. The van der Waals surface area contributed by atoms with E-state index in [2.05, 4.69) is 22.6 Å². The van der Waals surface area contributed by atoms with Crippen LogP contribution in [-0.4, -0.2) is 67.4 Å². The summed E-state index contributed by atoms with van der Waals surface area (Å²) in [6.07, 6.45) is 3.10. The van der Waals surface area contributed by atoms with Gasteiger partial charge in [0.2, 0.25) is 5.91 Å². The van der Waals surface area contributed by atoms with Gasteiger partial charge in [0, 0.05) is 37.4 Å². The molecular formula is C18H26N4O2. The molecule has 1 atom stereocenters. The summed E-state index contributed by atoms with van der Waals surface area (Å²) in [7, 11) is 2.07. The molecule has 2 N–H and O–H groups in total. The normalized spacial score (nSPS) is 22.2. The van der Waals surface area contributed by atoms with Crippen LogP contribution in [0.25, 0.3) is 0 Å². The first-order valence-electron chi connectivity index (χ1n) is 8.75. The molecule has 2 saturated heterocycles. The second-order valence-electron chi connectivity index (χ2n) is 6.66. The van der Waals surface area contributed by atoms with E-state index in [9.17, 15) is 9.59 Å². The molecule has 0 aromatic heterocycles. The number of likely N-dealkylation sites (N-methyl/N-ethyl adjacent to an activating group) is 1. The van der Waals surface area contributed by atoms with Gasteiger partial charge in [-0.3, -0.25) is 9.59 Å². The summed E-state index contributed by atoms with van der Waals surface area (Å²) in [5.74, 6) is 0.0720. The first-order chi connectivity index (χ1) is 11.6.